The molecule has 1 N–H and O–H groups in total. The highest BCUT2D eigenvalue weighted by Crippen LogP contribution is 2.28. The van der Waals surface area contributed by atoms with Crippen LogP contribution in [0.1, 0.15) is 55.7 Å². The molecular formula is C32H39N3O4S. The zero-order valence-electron chi connectivity index (χ0n) is 23.5. The molecule has 0 spiro atoms. The van der Waals surface area contributed by atoms with E-state index < -0.39 is 28.5 Å². The molecular weight excluding hydrogens is 522 g/mol. The second-order valence-electron chi connectivity index (χ2n) is 10.6. The fraction of sp³-hybridized carbons (Fsp3) is 0.375. The number of hydrogen-bond donors (Lipinski definition) is 1. The summed E-state index contributed by atoms with van der Waals surface area (Å²) in [6.07, 6.45) is 5.19. The molecule has 1 unspecified atom stereocenters. The van der Waals surface area contributed by atoms with E-state index in [0.717, 1.165) is 42.4 Å². The molecule has 1 fully saturated rings. The number of benzene rings is 3. The van der Waals surface area contributed by atoms with Crippen molar-refractivity contribution in [1.29, 1.82) is 0 Å². The van der Waals surface area contributed by atoms with Crippen molar-refractivity contribution in [3.8, 4) is 0 Å². The van der Waals surface area contributed by atoms with E-state index in [1.165, 1.54) is 27.8 Å². The van der Waals surface area contributed by atoms with Gasteiger partial charge in [-0.3, -0.25) is 13.9 Å². The topological polar surface area (TPSA) is 86.8 Å². The van der Waals surface area contributed by atoms with Gasteiger partial charge in [-0.1, -0.05) is 79.9 Å². The molecule has 1 atom stereocenters. The third kappa shape index (κ3) is 7.10. The van der Waals surface area contributed by atoms with Gasteiger partial charge in [-0.05, 0) is 68.5 Å². The number of anilines is 1. The first-order valence-corrected chi connectivity index (χ1v) is 15.4. The zero-order valence-corrected chi connectivity index (χ0v) is 24.4. The summed E-state index contributed by atoms with van der Waals surface area (Å²) in [5, 5.41) is 3.13. The van der Waals surface area contributed by atoms with Gasteiger partial charge in [0.15, 0.2) is 0 Å². The predicted molar refractivity (Wildman–Crippen MR) is 158 cm³/mol. The van der Waals surface area contributed by atoms with Gasteiger partial charge in [0, 0.05) is 12.6 Å². The minimum Gasteiger partial charge on any atom is -0.352 e. The first kappa shape index (κ1) is 29.3. The number of sulfonamides is 1. The lowest BCUT2D eigenvalue weighted by molar-refractivity contribution is -0.139. The Labute approximate surface area is 238 Å². The summed E-state index contributed by atoms with van der Waals surface area (Å²) in [6.45, 7) is 5.18. The van der Waals surface area contributed by atoms with Crippen LogP contribution < -0.4 is 9.62 Å². The molecule has 2 amide bonds. The maximum Gasteiger partial charge on any atom is 0.264 e. The Morgan fingerprint density at radius 2 is 1.52 bits per heavy atom. The number of aryl methyl sites for hydroxylation is 2. The second kappa shape index (κ2) is 13.1. The molecule has 0 saturated heterocycles. The number of nitrogens with one attached hydrogen (secondary N) is 1. The van der Waals surface area contributed by atoms with Crippen LogP contribution in [0.3, 0.4) is 0 Å². The highest BCUT2D eigenvalue weighted by molar-refractivity contribution is 7.92. The first-order chi connectivity index (χ1) is 19.2. The fourth-order valence-corrected chi connectivity index (χ4v) is 6.64. The van der Waals surface area contributed by atoms with E-state index >= 15 is 0 Å². The lowest BCUT2D eigenvalue weighted by Gasteiger charge is -2.33. The smallest absolute Gasteiger partial charge is 0.264 e. The van der Waals surface area contributed by atoms with Crippen LogP contribution in [-0.2, 0) is 26.2 Å². The molecule has 1 aliphatic rings. The second-order valence-corrected chi connectivity index (χ2v) is 12.5. The van der Waals surface area contributed by atoms with E-state index in [2.05, 4.69) is 5.32 Å². The summed E-state index contributed by atoms with van der Waals surface area (Å²) in [5.74, 6) is -0.670. The van der Waals surface area contributed by atoms with Gasteiger partial charge in [0.2, 0.25) is 11.8 Å². The van der Waals surface area contributed by atoms with Crippen molar-refractivity contribution in [2.75, 3.05) is 10.8 Å². The van der Waals surface area contributed by atoms with Crippen molar-refractivity contribution in [1.82, 2.24) is 10.2 Å². The van der Waals surface area contributed by atoms with E-state index in [-0.39, 0.29) is 23.4 Å². The SMILES string of the molecule is Cc1ccc(C)c(N(CC(=O)N(Cc2ccccc2)C(C)C(=O)NC2CCCCC2)S(=O)(=O)c2ccccc2)c1. The highest BCUT2D eigenvalue weighted by atomic mass is 32.2. The summed E-state index contributed by atoms with van der Waals surface area (Å²) >= 11 is 0. The molecule has 4 rings (SSSR count). The Morgan fingerprint density at radius 1 is 0.900 bits per heavy atom. The molecule has 3 aromatic carbocycles. The molecule has 0 aromatic heterocycles. The number of hydrogen-bond acceptors (Lipinski definition) is 4. The van der Waals surface area contributed by atoms with E-state index in [9.17, 15) is 18.0 Å². The zero-order chi connectivity index (χ0) is 28.7. The van der Waals surface area contributed by atoms with E-state index in [0.29, 0.717) is 5.69 Å². The van der Waals surface area contributed by atoms with Gasteiger partial charge in [-0.15, -0.1) is 0 Å². The van der Waals surface area contributed by atoms with Crippen LogP contribution in [0.5, 0.6) is 0 Å². The molecule has 1 saturated carbocycles. The van der Waals surface area contributed by atoms with Crippen LogP contribution in [0.25, 0.3) is 0 Å². The molecule has 3 aromatic rings. The van der Waals surface area contributed by atoms with Crippen LogP contribution >= 0.6 is 0 Å². The Morgan fingerprint density at radius 3 is 2.17 bits per heavy atom. The Kier molecular flexibility index (Phi) is 9.63. The summed E-state index contributed by atoms with van der Waals surface area (Å²) < 4.78 is 29.1. The first-order valence-electron chi connectivity index (χ1n) is 14.0. The molecule has 0 heterocycles. The van der Waals surface area contributed by atoms with Crippen LogP contribution in [0, 0.1) is 13.8 Å². The maximum absolute atomic E-state index is 14.1. The Balaban J connectivity index is 1.68. The Hall–Kier alpha value is -3.65. The summed E-state index contributed by atoms with van der Waals surface area (Å²) in [6, 6.07) is 22.4. The summed E-state index contributed by atoms with van der Waals surface area (Å²) in [5.41, 5.74) is 2.91. The molecule has 8 heteroatoms. The lowest BCUT2D eigenvalue weighted by Crippen LogP contribution is -2.53. The number of carbonyl (C=O) groups is 2. The van der Waals surface area contributed by atoms with Crippen molar-refractivity contribution in [3.63, 3.8) is 0 Å². The predicted octanol–water partition coefficient (Wildman–Crippen LogP) is 5.36. The van der Waals surface area contributed by atoms with Gasteiger partial charge >= 0.3 is 0 Å². The third-order valence-electron chi connectivity index (χ3n) is 7.56. The summed E-state index contributed by atoms with van der Waals surface area (Å²) in [7, 11) is -4.08. The van der Waals surface area contributed by atoms with E-state index in [4.69, 9.17) is 0 Å². The van der Waals surface area contributed by atoms with E-state index in [1.54, 1.807) is 31.2 Å². The highest BCUT2D eigenvalue weighted by Gasteiger charge is 2.33. The average molecular weight is 562 g/mol. The monoisotopic (exact) mass is 561 g/mol. The van der Waals surface area contributed by atoms with Gasteiger partial charge in [-0.2, -0.15) is 0 Å². The molecule has 0 radical (unpaired) electrons. The number of nitrogens with zero attached hydrogens (tertiary/aromatic N) is 2. The van der Waals surface area contributed by atoms with Gasteiger partial charge in [0.05, 0.1) is 10.6 Å². The number of carbonyl (C=O) groups excluding carboxylic acids is 2. The summed E-state index contributed by atoms with van der Waals surface area (Å²) in [4.78, 5) is 29.1. The fourth-order valence-electron chi connectivity index (χ4n) is 5.15. The largest absolute Gasteiger partial charge is 0.352 e. The third-order valence-corrected chi connectivity index (χ3v) is 9.33. The standard InChI is InChI=1S/C32H39N3O4S/c1-24-19-20-25(2)30(21-24)35(40(38,39)29-17-11-6-12-18-29)23-31(36)34(22-27-13-7-4-8-14-27)26(3)32(37)33-28-15-9-5-10-16-28/h4,6-8,11-14,17-21,26,28H,5,9-10,15-16,22-23H2,1-3H3,(H,33,37). The van der Waals surface area contributed by atoms with Crippen molar-refractivity contribution in [2.45, 2.75) is 76.4 Å². The van der Waals surface area contributed by atoms with Crippen molar-refractivity contribution in [3.05, 3.63) is 95.6 Å². The molecule has 0 bridgehead atoms. The van der Waals surface area contributed by atoms with Gasteiger partial charge in [-0.25, -0.2) is 8.42 Å². The van der Waals surface area contributed by atoms with Gasteiger partial charge in [0.1, 0.15) is 12.6 Å². The van der Waals surface area contributed by atoms with Crippen molar-refractivity contribution in [2.24, 2.45) is 0 Å². The quantitative estimate of drug-likeness (QED) is 0.361. The molecule has 40 heavy (non-hydrogen) atoms. The molecule has 212 valence electrons. The van der Waals surface area contributed by atoms with Crippen LogP contribution in [0.4, 0.5) is 5.69 Å². The minimum atomic E-state index is -4.08. The number of rotatable bonds is 10. The van der Waals surface area contributed by atoms with E-state index in [1.807, 2.05) is 56.3 Å². The van der Waals surface area contributed by atoms with Gasteiger partial charge in [0.25, 0.3) is 10.0 Å². The normalized spacial score (nSPS) is 14.8. The van der Waals surface area contributed by atoms with Crippen LogP contribution in [0.2, 0.25) is 0 Å². The maximum atomic E-state index is 14.1. The van der Waals surface area contributed by atoms with Crippen molar-refractivity contribution >= 4 is 27.5 Å². The van der Waals surface area contributed by atoms with Crippen LogP contribution in [0.15, 0.2) is 83.8 Å². The molecule has 1 aliphatic carbocycles. The van der Waals surface area contributed by atoms with Crippen LogP contribution in [-0.4, -0.2) is 43.8 Å². The van der Waals surface area contributed by atoms with Gasteiger partial charge < -0.3 is 10.2 Å². The Bertz CT molecular complexity index is 1400. The minimum absolute atomic E-state index is 0.0985. The molecule has 0 aliphatic heterocycles. The number of amides is 2. The average Bonchev–Trinajstić information content (AvgIpc) is 2.97. The lowest BCUT2D eigenvalue weighted by atomic mass is 9.95. The van der Waals surface area contributed by atoms with Crippen molar-refractivity contribution < 1.29 is 18.0 Å². The molecule has 7 nitrogen and oxygen atoms in total.